The number of nitro benzene ring substituents is 1. The molecule has 0 spiro atoms. The van der Waals surface area contributed by atoms with Crippen LogP contribution in [0.25, 0.3) is 0 Å². The molecule has 0 unspecified atom stereocenters. The van der Waals surface area contributed by atoms with Gasteiger partial charge in [0.1, 0.15) is 5.69 Å². The van der Waals surface area contributed by atoms with Crippen molar-refractivity contribution in [2.45, 2.75) is 18.4 Å². The smallest absolute Gasteiger partial charge is 0.293 e. The summed E-state index contributed by atoms with van der Waals surface area (Å²) in [5.41, 5.74) is 2.62. The van der Waals surface area contributed by atoms with Crippen LogP contribution in [-0.2, 0) is 16.6 Å². The summed E-state index contributed by atoms with van der Waals surface area (Å²) in [7, 11) is -3.96. The van der Waals surface area contributed by atoms with Gasteiger partial charge in [0.25, 0.3) is 15.7 Å². The molecular weight excluding hydrogens is 440 g/mol. The quantitative estimate of drug-likeness (QED) is 0.417. The molecule has 3 aromatic carbocycles. The van der Waals surface area contributed by atoms with Crippen molar-refractivity contribution in [3.8, 4) is 0 Å². The molecule has 1 aliphatic heterocycles. The van der Waals surface area contributed by atoms with E-state index < -0.39 is 14.9 Å². The summed E-state index contributed by atoms with van der Waals surface area (Å²) in [5, 5.41) is 11.5. The highest BCUT2D eigenvalue weighted by Gasteiger charge is 2.24. The van der Waals surface area contributed by atoms with Gasteiger partial charge in [-0.25, -0.2) is 8.42 Å². The number of hydrogen-bond donors (Lipinski definition) is 1. The Balaban J connectivity index is 1.51. The second-order valence-corrected chi connectivity index (χ2v) is 9.81. The van der Waals surface area contributed by atoms with E-state index in [1.807, 2.05) is 25.1 Å². The van der Waals surface area contributed by atoms with E-state index in [-0.39, 0.29) is 16.3 Å². The van der Waals surface area contributed by atoms with Crippen molar-refractivity contribution >= 4 is 27.1 Å². The minimum atomic E-state index is -3.96. The molecule has 1 N–H and O–H groups in total. The SMILES string of the molecule is Cc1ccc(S(=O)(=O)Nc2cc(N3CCN(Cc4ccccc4)CC3)ccc2[N+](=O)[O-])cc1. The third-order valence-corrected chi connectivity index (χ3v) is 7.12. The first-order valence-electron chi connectivity index (χ1n) is 10.7. The first-order chi connectivity index (χ1) is 15.8. The largest absolute Gasteiger partial charge is 0.369 e. The summed E-state index contributed by atoms with van der Waals surface area (Å²) in [6, 6.07) is 21.2. The van der Waals surface area contributed by atoms with E-state index in [2.05, 4.69) is 26.7 Å². The second-order valence-electron chi connectivity index (χ2n) is 8.13. The van der Waals surface area contributed by atoms with Gasteiger partial charge in [-0.2, -0.15) is 0 Å². The number of hydrogen-bond acceptors (Lipinski definition) is 6. The predicted molar refractivity (Wildman–Crippen MR) is 129 cm³/mol. The maximum absolute atomic E-state index is 12.8. The average molecular weight is 467 g/mol. The molecule has 0 aromatic heterocycles. The van der Waals surface area contributed by atoms with E-state index in [9.17, 15) is 18.5 Å². The van der Waals surface area contributed by atoms with Crippen molar-refractivity contribution in [2.24, 2.45) is 0 Å². The van der Waals surface area contributed by atoms with Crippen LogP contribution in [0.5, 0.6) is 0 Å². The summed E-state index contributed by atoms with van der Waals surface area (Å²) in [4.78, 5) is 15.5. The van der Waals surface area contributed by atoms with Crippen molar-refractivity contribution in [2.75, 3.05) is 35.8 Å². The van der Waals surface area contributed by atoms with Crippen LogP contribution < -0.4 is 9.62 Å². The Morgan fingerprint density at radius 1 is 0.939 bits per heavy atom. The molecule has 0 bridgehead atoms. The van der Waals surface area contributed by atoms with E-state index in [1.165, 1.54) is 23.8 Å². The lowest BCUT2D eigenvalue weighted by molar-refractivity contribution is -0.383. The van der Waals surface area contributed by atoms with E-state index in [0.29, 0.717) is 0 Å². The van der Waals surface area contributed by atoms with E-state index in [0.717, 1.165) is 44.0 Å². The maximum atomic E-state index is 12.8. The van der Waals surface area contributed by atoms with Gasteiger partial charge in [-0.15, -0.1) is 0 Å². The lowest BCUT2D eigenvalue weighted by atomic mass is 10.1. The maximum Gasteiger partial charge on any atom is 0.293 e. The highest BCUT2D eigenvalue weighted by molar-refractivity contribution is 7.92. The summed E-state index contributed by atoms with van der Waals surface area (Å²) in [6.45, 7) is 5.91. The molecule has 9 heteroatoms. The number of aryl methyl sites for hydroxylation is 1. The molecule has 1 heterocycles. The summed E-state index contributed by atoms with van der Waals surface area (Å²) in [6.07, 6.45) is 0. The summed E-state index contributed by atoms with van der Waals surface area (Å²) in [5.74, 6) is 0. The Morgan fingerprint density at radius 3 is 2.24 bits per heavy atom. The average Bonchev–Trinajstić information content (AvgIpc) is 2.80. The molecule has 0 atom stereocenters. The number of nitrogens with one attached hydrogen (secondary N) is 1. The molecule has 1 aliphatic rings. The van der Waals surface area contributed by atoms with Gasteiger partial charge in [-0.3, -0.25) is 19.7 Å². The van der Waals surface area contributed by atoms with Crippen molar-refractivity contribution in [3.63, 3.8) is 0 Å². The molecule has 1 fully saturated rings. The molecule has 1 saturated heterocycles. The Labute approximate surface area is 193 Å². The normalized spacial score (nSPS) is 14.8. The topological polar surface area (TPSA) is 95.8 Å². The minimum Gasteiger partial charge on any atom is -0.369 e. The minimum absolute atomic E-state index is 0.0372. The van der Waals surface area contributed by atoms with Crippen molar-refractivity contribution in [1.29, 1.82) is 0 Å². The predicted octanol–water partition coefficient (Wildman–Crippen LogP) is 4.03. The molecule has 0 saturated carbocycles. The Hall–Kier alpha value is -3.43. The van der Waals surface area contributed by atoms with Crippen molar-refractivity contribution < 1.29 is 13.3 Å². The summed E-state index contributed by atoms with van der Waals surface area (Å²) < 4.78 is 28.1. The lowest BCUT2D eigenvalue weighted by Crippen LogP contribution is -2.46. The fraction of sp³-hybridized carbons (Fsp3) is 0.250. The van der Waals surface area contributed by atoms with Crippen LogP contribution in [0.3, 0.4) is 0 Å². The van der Waals surface area contributed by atoms with Crippen molar-refractivity contribution in [3.05, 3.63) is 94.0 Å². The van der Waals surface area contributed by atoms with Crippen LogP contribution in [-0.4, -0.2) is 44.4 Å². The Bertz CT molecular complexity index is 1220. The van der Waals surface area contributed by atoms with Crippen LogP contribution in [0, 0.1) is 17.0 Å². The molecule has 0 amide bonds. The molecule has 0 radical (unpaired) electrons. The van der Waals surface area contributed by atoms with Gasteiger partial charge in [0, 0.05) is 44.5 Å². The van der Waals surface area contributed by atoms with Gasteiger partial charge in [-0.05, 0) is 36.8 Å². The molecule has 172 valence electrons. The highest BCUT2D eigenvalue weighted by atomic mass is 32.2. The number of piperazine rings is 1. The number of nitro groups is 1. The van der Waals surface area contributed by atoms with Crippen LogP contribution in [0.2, 0.25) is 0 Å². The standard InChI is InChI=1S/C24H26N4O4S/c1-19-7-10-22(11-8-19)33(31,32)25-23-17-21(9-12-24(23)28(29)30)27-15-13-26(14-16-27)18-20-5-3-2-4-6-20/h2-12,17,25H,13-16,18H2,1H3. The lowest BCUT2D eigenvalue weighted by Gasteiger charge is -2.36. The fourth-order valence-corrected chi connectivity index (χ4v) is 4.95. The molecule has 3 aromatic rings. The zero-order valence-corrected chi connectivity index (χ0v) is 19.2. The van der Waals surface area contributed by atoms with Crippen LogP contribution in [0.1, 0.15) is 11.1 Å². The molecule has 4 rings (SSSR count). The van der Waals surface area contributed by atoms with E-state index in [1.54, 1.807) is 24.3 Å². The third-order valence-electron chi connectivity index (χ3n) is 5.74. The van der Waals surface area contributed by atoms with E-state index in [4.69, 9.17) is 0 Å². The fourth-order valence-electron chi connectivity index (χ4n) is 3.89. The monoisotopic (exact) mass is 466 g/mol. The molecule has 33 heavy (non-hydrogen) atoms. The summed E-state index contributed by atoms with van der Waals surface area (Å²) >= 11 is 0. The van der Waals surface area contributed by atoms with Gasteiger partial charge < -0.3 is 4.90 Å². The van der Waals surface area contributed by atoms with Gasteiger partial charge >= 0.3 is 0 Å². The first kappa shape index (κ1) is 22.8. The van der Waals surface area contributed by atoms with E-state index >= 15 is 0 Å². The van der Waals surface area contributed by atoms with Crippen molar-refractivity contribution in [1.82, 2.24) is 4.90 Å². The van der Waals surface area contributed by atoms with Crippen LogP contribution >= 0.6 is 0 Å². The number of sulfonamides is 1. The van der Waals surface area contributed by atoms with Gasteiger partial charge in [0.2, 0.25) is 0 Å². The Kier molecular flexibility index (Phi) is 6.62. The van der Waals surface area contributed by atoms with Gasteiger partial charge in [0.05, 0.1) is 9.82 Å². The first-order valence-corrected chi connectivity index (χ1v) is 12.2. The number of benzene rings is 3. The molecule has 8 nitrogen and oxygen atoms in total. The van der Waals surface area contributed by atoms with Gasteiger partial charge in [-0.1, -0.05) is 48.0 Å². The number of anilines is 2. The zero-order valence-electron chi connectivity index (χ0n) is 18.3. The molecule has 0 aliphatic carbocycles. The highest BCUT2D eigenvalue weighted by Crippen LogP contribution is 2.32. The third kappa shape index (κ3) is 5.50. The van der Waals surface area contributed by atoms with Crippen LogP contribution in [0.4, 0.5) is 17.1 Å². The second kappa shape index (κ2) is 9.60. The number of rotatable bonds is 7. The Morgan fingerprint density at radius 2 is 1.61 bits per heavy atom. The zero-order chi connectivity index (χ0) is 23.4. The van der Waals surface area contributed by atoms with Gasteiger partial charge in [0.15, 0.2) is 0 Å². The van der Waals surface area contributed by atoms with Crippen LogP contribution in [0.15, 0.2) is 77.7 Å². The molecular formula is C24H26N4O4S. The number of nitrogens with zero attached hydrogens (tertiary/aromatic N) is 3.